The van der Waals surface area contributed by atoms with E-state index in [1.807, 2.05) is 0 Å². The Labute approximate surface area is 122 Å². The van der Waals surface area contributed by atoms with Crippen molar-refractivity contribution in [1.82, 2.24) is 10.3 Å². The molecular formula is C13H19N5O3. The van der Waals surface area contributed by atoms with Gasteiger partial charge in [-0.15, -0.1) is 0 Å². The summed E-state index contributed by atoms with van der Waals surface area (Å²) in [5, 5.41) is 13.5. The first-order valence-corrected chi connectivity index (χ1v) is 6.91. The van der Waals surface area contributed by atoms with Crippen LogP contribution in [-0.4, -0.2) is 35.1 Å². The fourth-order valence-corrected chi connectivity index (χ4v) is 2.63. The Morgan fingerprint density at radius 3 is 2.95 bits per heavy atom. The van der Waals surface area contributed by atoms with E-state index >= 15 is 0 Å². The van der Waals surface area contributed by atoms with Gasteiger partial charge in [0.1, 0.15) is 11.5 Å². The van der Waals surface area contributed by atoms with Gasteiger partial charge in [-0.3, -0.25) is 10.1 Å². The van der Waals surface area contributed by atoms with Crippen molar-refractivity contribution in [3.05, 3.63) is 27.9 Å². The molecular weight excluding hydrogens is 274 g/mol. The minimum Gasteiger partial charge on any atom is -0.352 e. The molecule has 0 aromatic carbocycles. The third-order valence-corrected chi connectivity index (χ3v) is 3.67. The third kappa shape index (κ3) is 3.59. The molecule has 1 aromatic rings. The van der Waals surface area contributed by atoms with Crippen molar-refractivity contribution in [3.63, 3.8) is 0 Å². The normalized spacial score (nSPS) is 18.3. The molecule has 0 spiro atoms. The monoisotopic (exact) mass is 293 g/mol. The van der Waals surface area contributed by atoms with E-state index in [9.17, 15) is 14.9 Å². The van der Waals surface area contributed by atoms with Crippen molar-refractivity contribution in [2.75, 3.05) is 18.0 Å². The Morgan fingerprint density at radius 1 is 1.57 bits per heavy atom. The van der Waals surface area contributed by atoms with Crippen LogP contribution in [-0.2, 0) is 0 Å². The number of piperidine rings is 1. The van der Waals surface area contributed by atoms with Gasteiger partial charge in [-0.1, -0.05) is 0 Å². The molecule has 3 N–H and O–H groups in total. The summed E-state index contributed by atoms with van der Waals surface area (Å²) in [5.74, 6) is 0.703. The second-order valence-electron chi connectivity index (χ2n) is 5.12. The molecule has 0 unspecified atom stereocenters. The van der Waals surface area contributed by atoms with Gasteiger partial charge in [0.2, 0.25) is 0 Å². The maximum Gasteiger partial charge on any atom is 0.312 e. The molecule has 21 heavy (non-hydrogen) atoms. The van der Waals surface area contributed by atoms with E-state index in [1.54, 1.807) is 13.0 Å². The predicted molar refractivity (Wildman–Crippen MR) is 78.2 cm³/mol. The van der Waals surface area contributed by atoms with Crippen molar-refractivity contribution < 1.29 is 9.72 Å². The molecule has 0 aliphatic carbocycles. The molecule has 1 fully saturated rings. The van der Waals surface area contributed by atoms with Gasteiger partial charge in [-0.05, 0) is 32.3 Å². The van der Waals surface area contributed by atoms with Crippen LogP contribution in [0.1, 0.15) is 25.0 Å². The lowest BCUT2D eigenvalue weighted by Gasteiger charge is -2.36. The van der Waals surface area contributed by atoms with Gasteiger partial charge in [0.25, 0.3) is 5.69 Å². The summed E-state index contributed by atoms with van der Waals surface area (Å²) >= 11 is 0. The fourth-order valence-electron chi connectivity index (χ4n) is 2.63. The van der Waals surface area contributed by atoms with Crippen molar-refractivity contribution in [1.29, 1.82) is 0 Å². The van der Waals surface area contributed by atoms with Crippen molar-refractivity contribution >= 4 is 17.5 Å². The number of amides is 2. The number of carbonyl (C=O) groups excluding carboxylic acids is 1. The van der Waals surface area contributed by atoms with Gasteiger partial charge in [-0.25, -0.2) is 9.78 Å². The molecule has 1 aromatic heterocycles. The van der Waals surface area contributed by atoms with Crippen molar-refractivity contribution in [2.45, 2.75) is 32.2 Å². The van der Waals surface area contributed by atoms with Crippen LogP contribution in [0.15, 0.2) is 12.1 Å². The average Bonchev–Trinajstić information content (AvgIpc) is 2.45. The molecule has 1 aliphatic heterocycles. The lowest BCUT2D eigenvalue weighted by molar-refractivity contribution is -0.385. The molecule has 1 atom stereocenters. The van der Waals surface area contributed by atoms with E-state index in [-0.39, 0.29) is 11.7 Å². The highest BCUT2D eigenvalue weighted by Gasteiger charge is 2.25. The predicted octanol–water partition coefficient (Wildman–Crippen LogP) is 1.33. The summed E-state index contributed by atoms with van der Waals surface area (Å²) in [4.78, 5) is 27.7. The molecule has 2 amide bonds. The highest BCUT2D eigenvalue weighted by molar-refractivity contribution is 5.71. The molecule has 8 nitrogen and oxygen atoms in total. The number of pyridine rings is 1. The average molecular weight is 293 g/mol. The Hall–Kier alpha value is -2.38. The van der Waals surface area contributed by atoms with Crippen LogP contribution in [0, 0.1) is 17.0 Å². The zero-order chi connectivity index (χ0) is 15.4. The molecule has 2 heterocycles. The zero-order valence-electron chi connectivity index (χ0n) is 11.9. The number of aromatic nitrogens is 1. The minimum atomic E-state index is -0.548. The SMILES string of the molecule is Cc1nc(N2CCCC[C@@H]2CNC(N)=O)ccc1[N+](=O)[O-]. The topological polar surface area (TPSA) is 114 Å². The zero-order valence-corrected chi connectivity index (χ0v) is 11.9. The van der Waals surface area contributed by atoms with Crippen LogP contribution >= 0.6 is 0 Å². The van der Waals surface area contributed by atoms with E-state index in [0.29, 0.717) is 18.1 Å². The highest BCUT2D eigenvalue weighted by Crippen LogP contribution is 2.26. The van der Waals surface area contributed by atoms with Crippen LogP contribution in [0.2, 0.25) is 0 Å². The third-order valence-electron chi connectivity index (χ3n) is 3.67. The van der Waals surface area contributed by atoms with E-state index in [1.165, 1.54) is 6.07 Å². The lowest BCUT2D eigenvalue weighted by Crippen LogP contribution is -2.48. The summed E-state index contributed by atoms with van der Waals surface area (Å²) < 4.78 is 0. The summed E-state index contributed by atoms with van der Waals surface area (Å²) in [6.07, 6.45) is 3.04. The summed E-state index contributed by atoms with van der Waals surface area (Å²) in [7, 11) is 0. The second-order valence-corrected chi connectivity index (χ2v) is 5.12. The van der Waals surface area contributed by atoms with Crippen LogP contribution in [0.25, 0.3) is 0 Å². The van der Waals surface area contributed by atoms with Gasteiger partial charge in [0.15, 0.2) is 0 Å². The maximum absolute atomic E-state index is 10.9. The molecule has 0 saturated carbocycles. The number of primary amides is 1. The minimum absolute atomic E-state index is 0.0163. The van der Waals surface area contributed by atoms with Gasteiger partial charge < -0.3 is 16.0 Å². The number of anilines is 1. The smallest absolute Gasteiger partial charge is 0.312 e. The van der Waals surface area contributed by atoms with Crippen LogP contribution in [0.4, 0.5) is 16.3 Å². The lowest BCUT2D eigenvalue weighted by atomic mass is 10.0. The molecule has 0 radical (unpaired) electrons. The van der Waals surface area contributed by atoms with Crippen LogP contribution < -0.4 is 16.0 Å². The maximum atomic E-state index is 10.9. The number of aryl methyl sites for hydroxylation is 1. The van der Waals surface area contributed by atoms with E-state index < -0.39 is 11.0 Å². The summed E-state index contributed by atoms with van der Waals surface area (Å²) in [5.41, 5.74) is 5.52. The number of nitrogens with zero attached hydrogens (tertiary/aromatic N) is 3. The van der Waals surface area contributed by atoms with E-state index in [4.69, 9.17) is 5.73 Å². The van der Waals surface area contributed by atoms with Crippen molar-refractivity contribution in [2.24, 2.45) is 5.73 Å². The summed E-state index contributed by atoms with van der Waals surface area (Å²) in [6, 6.07) is 2.70. The number of nitrogens with one attached hydrogen (secondary N) is 1. The number of nitro groups is 1. The van der Waals surface area contributed by atoms with Crippen LogP contribution in [0.5, 0.6) is 0 Å². The molecule has 2 rings (SSSR count). The standard InChI is InChI=1S/C13H19N5O3/c1-9-11(18(20)21)5-6-12(16-9)17-7-3-2-4-10(17)8-15-13(14)19/h5-6,10H,2-4,7-8H2,1H3,(H3,14,15,19)/t10-/m1/s1. The first-order chi connectivity index (χ1) is 9.99. The van der Waals surface area contributed by atoms with Gasteiger partial charge >= 0.3 is 6.03 Å². The highest BCUT2D eigenvalue weighted by atomic mass is 16.6. The quantitative estimate of drug-likeness (QED) is 0.642. The van der Waals surface area contributed by atoms with Crippen molar-refractivity contribution in [3.8, 4) is 0 Å². The molecule has 0 bridgehead atoms. The van der Waals surface area contributed by atoms with E-state index in [2.05, 4.69) is 15.2 Å². The largest absolute Gasteiger partial charge is 0.352 e. The Balaban J connectivity index is 2.18. The first-order valence-electron chi connectivity index (χ1n) is 6.91. The number of urea groups is 1. The number of hydrogen-bond donors (Lipinski definition) is 2. The molecule has 1 aliphatic rings. The number of hydrogen-bond acceptors (Lipinski definition) is 5. The second kappa shape index (κ2) is 6.38. The molecule has 8 heteroatoms. The number of nitrogens with two attached hydrogens (primary N) is 1. The van der Waals surface area contributed by atoms with Gasteiger partial charge in [0, 0.05) is 25.2 Å². The van der Waals surface area contributed by atoms with Crippen LogP contribution in [0.3, 0.4) is 0 Å². The Kier molecular flexibility index (Phi) is 4.56. The van der Waals surface area contributed by atoms with E-state index in [0.717, 1.165) is 25.8 Å². The number of rotatable bonds is 4. The number of carbonyl (C=O) groups is 1. The summed E-state index contributed by atoms with van der Waals surface area (Å²) in [6.45, 7) is 2.89. The molecule has 1 saturated heterocycles. The van der Waals surface area contributed by atoms with Gasteiger partial charge in [-0.2, -0.15) is 0 Å². The molecule has 114 valence electrons. The van der Waals surface area contributed by atoms with Gasteiger partial charge in [0.05, 0.1) is 4.92 Å². The first kappa shape index (κ1) is 15.0. The Bertz CT molecular complexity index is 549. The fraction of sp³-hybridized carbons (Fsp3) is 0.538. The Morgan fingerprint density at radius 2 is 2.33 bits per heavy atom.